The number of benzene rings is 1. The molecule has 0 aliphatic heterocycles. The minimum absolute atomic E-state index is 0.366. The van der Waals surface area contributed by atoms with Gasteiger partial charge in [-0.15, -0.1) is 0 Å². The van der Waals surface area contributed by atoms with E-state index in [2.05, 4.69) is 4.98 Å². The van der Waals surface area contributed by atoms with Crippen molar-refractivity contribution in [1.29, 1.82) is 0 Å². The molecule has 0 radical (unpaired) electrons. The molecule has 0 bridgehead atoms. The standard InChI is InChI=1S/C16H19NO2/c1-3-19-16(13-7-5-4-6-8-13)15(18)14-9-12(2)10-17-11-14/h4-11,15-16,18H,3H2,1-2H3. The molecule has 19 heavy (non-hydrogen) atoms. The quantitative estimate of drug-likeness (QED) is 0.894. The lowest BCUT2D eigenvalue weighted by molar-refractivity contribution is -0.0363. The Labute approximate surface area is 113 Å². The molecular formula is C16H19NO2. The summed E-state index contributed by atoms with van der Waals surface area (Å²) in [4.78, 5) is 4.13. The van der Waals surface area contributed by atoms with Crippen molar-refractivity contribution in [3.63, 3.8) is 0 Å². The number of aromatic nitrogens is 1. The van der Waals surface area contributed by atoms with Gasteiger partial charge < -0.3 is 9.84 Å². The third kappa shape index (κ3) is 3.40. The van der Waals surface area contributed by atoms with Crippen LogP contribution in [0, 0.1) is 6.92 Å². The third-order valence-electron chi connectivity index (χ3n) is 3.00. The fraction of sp³-hybridized carbons (Fsp3) is 0.312. The van der Waals surface area contributed by atoms with Crippen molar-refractivity contribution in [3.05, 3.63) is 65.5 Å². The summed E-state index contributed by atoms with van der Waals surface area (Å²) in [5.74, 6) is 0. The molecule has 1 aromatic heterocycles. The van der Waals surface area contributed by atoms with Crippen molar-refractivity contribution in [2.75, 3.05) is 6.61 Å². The zero-order valence-electron chi connectivity index (χ0n) is 11.3. The van der Waals surface area contributed by atoms with E-state index in [9.17, 15) is 5.11 Å². The van der Waals surface area contributed by atoms with Crippen LogP contribution in [0.2, 0.25) is 0 Å². The molecule has 2 rings (SSSR count). The average Bonchev–Trinajstić information content (AvgIpc) is 2.45. The molecule has 0 fully saturated rings. The fourth-order valence-corrected chi connectivity index (χ4v) is 2.11. The molecule has 1 N–H and O–H groups in total. The maximum Gasteiger partial charge on any atom is 0.113 e. The number of aryl methyl sites for hydroxylation is 1. The maximum atomic E-state index is 10.5. The molecule has 0 aliphatic rings. The van der Waals surface area contributed by atoms with E-state index >= 15 is 0 Å². The maximum absolute atomic E-state index is 10.5. The Morgan fingerprint density at radius 2 is 1.89 bits per heavy atom. The van der Waals surface area contributed by atoms with E-state index in [1.807, 2.05) is 50.2 Å². The topological polar surface area (TPSA) is 42.4 Å². The summed E-state index contributed by atoms with van der Waals surface area (Å²) in [6, 6.07) is 11.7. The highest BCUT2D eigenvalue weighted by Crippen LogP contribution is 2.31. The first-order valence-corrected chi connectivity index (χ1v) is 6.48. The van der Waals surface area contributed by atoms with E-state index in [1.54, 1.807) is 12.4 Å². The Kier molecular flexibility index (Phi) is 4.66. The van der Waals surface area contributed by atoms with E-state index in [4.69, 9.17) is 4.74 Å². The Bertz CT molecular complexity index is 513. The highest BCUT2D eigenvalue weighted by molar-refractivity contribution is 5.25. The molecule has 1 aromatic carbocycles. The van der Waals surface area contributed by atoms with Crippen molar-refractivity contribution >= 4 is 0 Å². The molecule has 2 unspecified atom stereocenters. The van der Waals surface area contributed by atoms with Crippen LogP contribution >= 0.6 is 0 Å². The summed E-state index contributed by atoms with van der Waals surface area (Å²) < 4.78 is 5.71. The molecule has 3 nitrogen and oxygen atoms in total. The molecule has 0 spiro atoms. The average molecular weight is 257 g/mol. The molecule has 0 aliphatic carbocycles. The molecule has 1 heterocycles. The van der Waals surface area contributed by atoms with Crippen LogP contribution in [0.1, 0.15) is 35.8 Å². The van der Waals surface area contributed by atoms with Gasteiger partial charge in [-0.05, 0) is 25.0 Å². The summed E-state index contributed by atoms with van der Waals surface area (Å²) in [7, 11) is 0. The van der Waals surface area contributed by atoms with Gasteiger partial charge >= 0.3 is 0 Å². The molecule has 2 aromatic rings. The van der Waals surface area contributed by atoms with Crippen LogP contribution in [-0.4, -0.2) is 16.7 Å². The van der Waals surface area contributed by atoms with Crippen LogP contribution < -0.4 is 0 Å². The minimum atomic E-state index is -0.713. The number of pyridine rings is 1. The van der Waals surface area contributed by atoms with E-state index in [0.29, 0.717) is 6.61 Å². The predicted molar refractivity (Wildman–Crippen MR) is 74.7 cm³/mol. The van der Waals surface area contributed by atoms with E-state index < -0.39 is 6.10 Å². The second-order valence-electron chi connectivity index (χ2n) is 4.53. The Balaban J connectivity index is 2.29. The summed E-state index contributed by atoms with van der Waals surface area (Å²) in [6.45, 7) is 4.44. The lowest BCUT2D eigenvalue weighted by atomic mass is 9.98. The van der Waals surface area contributed by atoms with Crippen LogP contribution in [0.5, 0.6) is 0 Å². The Morgan fingerprint density at radius 3 is 2.53 bits per heavy atom. The van der Waals surface area contributed by atoms with Gasteiger partial charge in [-0.3, -0.25) is 4.98 Å². The number of hydrogen-bond donors (Lipinski definition) is 1. The highest BCUT2D eigenvalue weighted by atomic mass is 16.5. The first kappa shape index (κ1) is 13.7. The normalized spacial score (nSPS) is 14.1. The number of aliphatic hydroxyl groups excluding tert-OH is 1. The highest BCUT2D eigenvalue weighted by Gasteiger charge is 2.23. The van der Waals surface area contributed by atoms with Gasteiger partial charge in [0.2, 0.25) is 0 Å². The second kappa shape index (κ2) is 6.45. The summed E-state index contributed by atoms with van der Waals surface area (Å²) in [5.41, 5.74) is 2.78. The van der Waals surface area contributed by atoms with Gasteiger partial charge in [0.25, 0.3) is 0 Å². The lowest BCUT2D eigenvalue weighted by Crippen LogP contribution is -2.15. The van der Waals surface area contributed by atoms with Gasteiger partial charge in [0, 0.05) is 24.6 Å². The lowest BCUT2D eigenvalue weighted by Gasteiger charge is -2.23. The number of rotatable bonds is 5. The van der Waals surface area contributed by atoms with Crippen molar-refractivity contribution in [3.8, 4) is 0 Å². The van der Waals surface area contributed by atoms with E-state index in [0.717, 1.165) is 16.7 Å². The molecule has 100 valence electrons. The van der Waals surface area contributed by atoms with Crippen LogP contribution in [0.4, 0.5) is 0 Å². The Morgan fingerprint density at radius 1 is 1.16 bits per heavy atom. The van der Waals surface area contributed by atoms with Crippen molar-refractivity contribution in [1.82, 2.24) is 4.98 Å². The largest absolute Gasteiger partial charge is 0.385 e. The van der Waals surface area contributed by atoms with E-state index in [-0.39, 0.29) is 6.10 Å². The predicted octanol–water partition coefficient (Wildman–Crippen LogP) is 3.20. The van der Waals surface area contributed by atoms with Gasteiger partial charge in [0.15, 0.2) is 0 Å². The molecular weight excluding hydrogens is 238 g/mol. The van der Waals surface area contributed by atoms with Crippen molar-refractivity contribution < 1.29 is 9.84 Å². The van der Waals surface area contributed by atoms with Crippen molar-refractivity contribution in [2.24, 2.45) is 0 Å². The molecule has 3 heteroatoms. The zero-order valence-corrected chi connectivity index (χ0v) is 11.3. The minimum Gasteiger partial charge on any atom is -0.385 e. The first-order valence-electron chi connectivity index (χ1n) is 6.48. The van der Waals surface area contributed by atoms with Gasteiger partial charge in [-0.25, -0.2) is 0 Å². The van der Waals surface area contributed by atoms with Gasteiger partial charge in [0.05, 0.1) is 0 Å². The van der Waals surface area contributed by atoms with Crippen LogP contribution in [-0.2, 0) is 4.74 Å². The smallest absolute Gasteiger partial charge is 0.113 e. The van der Waals surface area contributed by atoms with Crippen LogP contribution in [0.25, 0.3) is 0 Å². The van der Waals surface area contributed by atoms with Crippen LogP contribution in [0.15, 0.2) is 48.8 Å². The van der Waals surface area contributed by atoms with Gasteiger partial charge in [0.1, 0.15) is 12.2 Å². The number of nitrogens with zero attached hydrogens (tertiary/aromatic N) is 1. The first-order chi connectivity index (χ1) is 9.22. The van der Waals surface area contributed by atoms with Crippen molar-refractivity contribution in [2.45, 2.75) is 26.1 Å². The summed E-state index contributed by atoms with van der Waals surface area (Å²) in [6.07, 6.45) is 2.38. The fourth-order valence-electron chi connectivity index (χ4n) is 2.11. The number of aliphatic hydroxyl groups is 1. The summed E-state index contributed by atoms with van der Waals surface area (Å²) in [5, 5.41) is 10.5. The summed E-state index contributed by atoms with van der Waals surface area (Å²) >= 11 is 0. The van der Waals surface area contributed by atoms with E-state index in [1.165, 1.54) is 0 Å². The zero-order chi connectivity index (χ0) is 13.7. The van der Waals surface area contributed by atoms with Crippen LogP contribution in [0.3, 0.4) is 0 Å². The molecule has 0 saturated heterocycles. The third-order valence-corrected chi connectivity index (χ3v) is 3.00. The second-order valence-corrected chi connectivity index (χ2v) is 4.53. The molecule has 0 saturated carbocycles. The van der Waals surface area contributed by atoms with Gasteiger partial charge in [-0.1, -0.05) is 36.4 Å². The Hall–Kier alpha value is -1.71. The molecule has 0 amide bonds. The number of hydrogen-bond acceptors (Lipinski definition) is 3. The number of ether oxygens (including phenoxy) is 1. The molecule has 2 atom stereocenters. The monoisotopic (exact) mass is 257 g/mol. The SMILES string of the molecule is CCOC(c1ccccc1)C(O)c1cncc(C)c1. The van der Waals surface area contributed by atoms with Gasteiger partial charge in [-0.2, -0.15) is 0 Å².